The molecule has 0 spiro atoms. The number of amides is 2. The van der Waals surface area contributed by atoms with E-state index < -0.39 is 73.3 Å². The molecule has 0 saturated heterocycles. The monoisotopic (exact) mass is 704 g/mol. The predicted molar refractivity (Wildman–Crippen MR) is 169 cm³/mol. The van der Waals surface area contributed by atoms with Crippen LogP contribution in [0.25, 0.3) is 10.8 Å². The zero-order valence-corrected chi connectivity index (χ0v) is 32.7. The maximum atomic E-state index is 13.2. The van der Waals surface area contributed by atoms with Crippen molar-refractivity contribution in [1.82, 2.24) is 0 Å². The Morgan fingerprint density at radius 3 is 1.73 bits per heavy atom. The van der Waals surface area contributed by atoms with Crippen molar-refractivity contribution in [3.63, 3.8) is 0 Å². The largest absolute Gasteiger partial charge is 0.399 e. The van der Waals surface area contributed by atoms with Crippen LogP contribution in [0.15, 0.2) is 81.4 Å². The third kappa shape index (κ3) is 9.82. The Hall–Kier alpha value is -1.39. The molecule has 0 heterocycles. The molecular formula is C25H21N3Na3O11S3. The molecule has 0 aliphatic rings. The van der Waals surface area contributed by atoms with Gasteiger partial charge in [0.15, 0.2) is 0 Å². The Labute approximate surface area is 324 Å². The maximum Gasteiger partial charge on any atom is 0.295 e. The zero-order valence-electron chi connectivity index (χ0n) is 24.3. The van der Waals surface area contributed by atoms with Gasteiger partial charge in [-0.3, -0.25) is 23.2 Å². The van der Waals surface area contributed by atoms with Gasteiger partial charge in [-0.1, -0.05) is 12.1 Å². The number of hydrogen-bond acceptors (Lipinski definition) is 9. The number of nitrogen functional groups attached to an aromatic ring is 1. The van der Waals surface area contributed by atoms with E-state index in [-0.39, 0.29) is 105 Å². The first-order valence-corrected chi connectivity index (χ1v) is 15.8. The Kier molecular flexibility index (Phi) is 14.5. The van der Waals surface area contributed by atoms with Gasteiger partial charge in [-0.05, 0) is 67.1 Å². The SMILES string of the molecule is Cc1ccc(C(=O)Nc2ccc(S(=O)(=O)O)c3cc(S(=O)(=O)O)cc(S(=O)(=O)O)c23)cc1NC(=O)c1cccc(N)c1.[Na].[Na].[Na]. The van der Waals surface area contributed by atoms with Gasteiger partial charge in [-0.2, -0.15) is 25.3 Å². The van der Waals surface area contributed by atoms with E-state index >= 15 is 0 Å². The number of rotatable bonds is 7. The van der Waals surface area contributed by atoms with Crippen molar-refractivity contribution in [2.24, 2.45) is 0 Å². The molecule has 0 atom stereocenters. The number of anilines is 3. The molecule has 7 N–H and O–H groups in total. The van der Waals surface area contributed by atoms with Crippen LogP contribution in [0.2, 0.25) is 0 Å². The summed E-state index contributed by atoms with van der Waals surface area (Å²) in [7, 11) is -15.6. The minimum atomic E-state index is -5.31. The quantitative estimate of drug-likeness (QED) is 0.0917. The third-order valence-corrected chi connectivity index (χ3v) is 8.63. The number of nitrogens with two attached hydrogens (primary N) is 1. The van der Waals surface area contributed by atoms with Gasteiger partial charge in [0, 0.05) is 122 Å². The van der Waals surface area contributed by atoms with E-state index in [0.29, 0.717) is 23.4 Å². The van der Waals surface area contributed by atoms with E-state index in [0.717, 1.165) is 12.1 Å². The molecule has 0 aliphatic carbocycles. The second kappa shape index (κ2) is 15.7. The summed E-state index contributed by atoms with van der Waals surface area (Å²) in [5.41, 5.74) is 6.65. The Bertz CT molecular complexity index is 2140. The molecule has 0 aliphatic heterocycles. The fourth-order valence-corrected chi connectivity index (χ4v) is 6.08. The molecule has 0 aromatic heterocycles. The molecule has 0 fully saturated rings. The van der Waals surface area contributed by atoms with E-state index in [1.165, 1.54) is 30.3 Å². The van der Waals surface area contributed by atoms with Crippen LogP contribution < -0.4 is 16.4 Å². The smallest absolute Gasteiger partial charge is 0.295 e. The Balaban J connectivity index is 0.00000337. The predicted octanol–water partition coefficient (Wildman–Crippen LogP) is 1.83. The van der Waals surface area contributed by atoms with Gasteiger partial charge in [-0.25, -0.2) is 0 Å². The van der Waals surface area contributed by atoms with Crippen molar-refractivity contribution in [3.8, 4) is 0 Å². The molecule has 2 amide bonds. The van der Waals surface area contributed by atoms with Crippen molar-refractivity contribution in [2.45, 2.75) is 21.6 Å². The molecule has 4 rings (SSSR count). The molecule has 223 valence electrons. The van der Waals surface area contributed by atoms with Crippen LogP contribution in [0, 0.1) is 6.92 Å². The van der Waals surface area contributed by atoms with Crippen LogP contribution in [0.1, 0.15) is 26.3 Å². The number of carbonyl (C=O) groups is 2. The van der Waals surface area contributed by atoms with Crippen LogP contribution in [-0.2, 0) is 30.4 Å². The number of benzene rings is 4. The van der Waals surface area contributed by atoms with E-state index in [2.05, 4.69) is 10.6 Å². The van der Waals surface area contributed by atoms with Crippen LogP contribution in [0.5, 0.6) is 0 Å². The van der Waals surface area contributed by atoms with Crippen molar-refractivity contribution in [1.29, 1.82) is 0 Å². The summed E-state index contributed by atoms with van der Waals surface area (Å²) in [4.78, 5) is 22.7. The molecular weight excluding hydrogens is 683 g/mol. The molecule has 0 bridgehead atoms. The van der Waals surface area contributed by atoms with Gasteiger partial charge in [-0.15, -0.1) is 0 Å². The number of carbonyl (C=O) groups excluding carboxylic acids is 2. The number of fused-ring (bicyclic) bond motifs is 1. The molecule has 0 unspecified atom stereocenters. The molecule has 45 heavy (non-hydrogen) atoms. The summed E-state index contributed by atoms with van der Waals surface area (Å²) in [5.74, 6) is -1.42. The molecule has 14 nitrogen and oxygen atoms in total. The van der Waals surface area contributed by atoms with Gasteiger partial charge < -0.3 is 16.4 Å². The Morgan fingerprint density at radius 2 is 1.20 bits per heavy atom. The van der Waals surface area contributed by atoms with E-state index in [9.17, 15) is 48.5 Å². The van der Waals surface area contributed by atoms with Gasteiger partial charge in [0.25, 0.3) is 42.2 Å². The van der Waals surface area contributed by atoms with Crippen LogP contribution in [0.4, 0.5) is 17.1 Å². The van der Waals surface area contributed by atoms with Crippen molar-refractivity contribution < 1.29 is 48.5 Å². The van der Waals surface area contributed by atoms with Gasteiger partial charge in [0.2, 0.25) is 0 Å². The summed E-state index contributed by atoms with van der Waals surface area (Å²) in [6.07, 6.45) is 0. The fraction of sp³-hybridized carbons (Fsp3) is 0.0400. The van der Waals surface area contributed by atoms with E-state index in [4.69, 9.17) is 5.73 Å². The maximum absolute atomic E-state index is 13.2. The van der Waals surface area contributed by atoms with Crippen LogP contribution in [0.3, 0.4) is 0 Å². The standard InChI is InChI=1S/C25H21N3O11S3.3Na/c1-13-5-6-15(10-20(13)28-24(29)14-3-2-4-16(26)9-14)25(30)27-19-7-8-21(41(34,35)36)18-11-17(40(31,32)33)12-22(23(18)19)42(37,38)39;;;/h2-12H,26H2,1H3,(H,27,30)(H,28,29)(H,31,32,33)(H,34,35,36)(H,37,38,39);;;. The average Bonchev–Trinajstić information content (AvgIpc) is 2.87. The van der Waals surface area contributed by atoms with Crippen molar-refractivity contribution in [3.05, 3.63) is 83.4 Å². The molecule has 20 heteroatoms. The molecule has 4 aromatic carbocycles. The van der Waals surface area contributed by atoms with Crippen molar-refractivity contribution in [2.75, 3.05) is 16.4 Å². The first-order chi connectivity index (χ1) is 19.4. The van der Waals surface area contributed by atoms with Crippen molar-refractivity contribution >= 4 is 159 Å². The first kappa shape index (κ1) is 41.6. The topological polar surface area (TPSA) is 247 Å². The fourth-order valence-electron chi connectivity index (χ4n) is 4.04. The molecule has 3 radical (unpaired) electrons. The molecule has 4 aromatic rings. The number of nitrogens with one attached hydrogen (secondary N) is 2. The number of hydrogen-bond donors (Lipinski definition) is 6. The van der Waals surface area contributed by atoms with Gasteiger partial charge >= 0.3 is 0 Å². The van der Waals surface area contributed by atoms with Crippen LogP contribution in [-0.4, -0.2) is 139 Å². The summed E-state index contributed by atoms with van der Waals surface area (Å²) in [6.45, 7) is 1.66. The zero-order chi connectivity index (χ0) is 31.2. The van der Waals surface area contributed by atoms with Gasteiger partial charge in [0.1, 0.15) is 9.79 Å². The second-order valence-electron chi connectivity index (χ2n) is 8.94. The van der Waals surface area contributed by atoms with E-state index in [1.54, 1.807) is 19.1 Å². The summed E-state index contributed by atoms with van der Waals surface area (Å²) >= 11 is 0. The second-order valence-corrected chi connectivity index (χ2v) is 13.1. The minimum absolute atomic E-state index is 0. The summed E-state index contributed by atoms with van der Waals surface area (Å²) in [6, 6.07) is 12.9. The van der Waals surface area contributed by atoms with E-state index in [1.807, 2.05) is 0 Å². The van der Waals surface area contributed by atoms with Crippen LogP contribution >= 0.6 is 0 Å². The third-order valence-electron chi connectivity index (χ3n) is 6.01. The minimum Gasteiger partial charge on any atom is -0.399 e. The summed E-state index contributed by atoms with van der Waals surface area (Å²) in [5, 5.41) is 3.57. The summed E-state index contributed by atoms with van der Waals surface area (Å²) < 4.78 is 101. The molecule has 0 saturated carbocycles. The first-order valence-electron chi connectivity index (χ1n) is 11.5. The average molecular weight is 705 g/mol. The number of aryl methyl sites for hydroxylation is 1. The Morgan fingerprint density at radius 1 is 0.644 bits per heavy atom. The normalized spacial score (nSPS) is 11.4. The van der Waals surface area contributed by atoms with Gasteiger partial charge in [0.05, 0.1) is 10.6 Å².